The normalized spacial score (nSPS) is 12.2. The molecule has 0 saturated heterocycles. The van der Waals surface area contributed by atoms with E-state index in [0.29, 0.717) is 12.1 Å². The highest BCUT2D eigenvalue weighted by molar-refractivity contribution is 5.54. The molecule has 0 saturated carbocycles. The van der Waals surface area contributed by atoms with E-state index in [9.17, 15) is 10.1 Å². The van der Waals surface area contributed by atoms with Gasteiger partial charge in [0.1, 0.15) is 0 Å². The molecule has 0 heterocycles. The maximum absolute atomic E-state index is 10.7. The second-order valence-electron chi connectivity index (χ2n) is 4.18. The molecule has 5 nitrogen and oxygen atoms in total. The summed E-state index contributed by atoms with van der Waals surface area (Å²) in [5.74, 6) is 0. The van der Waals surface area contributed by atoms with Crippen LogP contribution in [0.25, 0.3) is 0 Å². The second kappa shape index (κ2) is 6.20. The van der Waals surface area contributed by atoms with E-state index < -0.39 is 0 Å². The fraction of sp³-hybridized carbons (Fsp3) is 0.500. The summed E-state index contributed by atoms with van der Waals surface area (Å²) in [6.45, 7) is 4.16. The summed E-state index contributed by atoms with van der Waals surface area (Å²) in [5.41, 5.74) is 1.53. The Morgan fingerprint density at radius 2 is 2.24 bits per heavy atom. The topological polar surface area (TPSA) is 75.4 Å². The van der Waals surface area contributed by atoms with Gasteiger partial charge in [-0.2, -0.15) is 0 Å². The predicted octanol–water partition coefficient (Wildman–Crippen LogP) is 2.48. The lowest BCUT2D eigenvalue weighted by atomic mass is 10.1. The quantitative estimate of drug-likeness (QED) is 0.453. The van der Waals surface area contributed by atoms with Crippen LogP contribution in [-0.4, -0.2) is 22.7 Å². The molecule has 0 bridgehead atoms. The van der Waals surface area contributed by atoms with Crippen molar-refractivity contribution in [2.75, 3.05) is 11.9 Å². The number of aliphatic hydroxyl groups excluding tert-OH is 1. The van der Waals surface area contributed by atoms with Crippen LogP contribution >= 0.6 is 0 Å². The summed E-state index contributed by atoms with van der Waals surface area (Å²) in [4.78, 5) is 10.4. The summed E-state index contributed by atoms with van der Waals surface area (Å²) < 4.78 is 0. The maximum Gasteiger partial charge on any atom is 0.274 e. The first-order chi connectivity index (χ1) is 8.00. The van der Waals surface area contributed by atoms with E-state index in [0.717, 1.165) is 18.5 Å². The minimum absolute atomic E-state index is 0.130. The smallest absolute Gasteiger partial charge is 0.274 e. The van der Waals surface area contributed by atoms with E-state index in [2.05, 4.69) is 5.32 Å². The molecular weight excluding hydrogens is 220 g/mol. The lowest BCUT2D eigenvalue weighted by Gasteiger charge is -2.08. The first-order valence-corrected chi connectivity index (χ1v) is 5.67. The molecular formula is C12H18N2O3. The van der Waals surface area contributed by atoms with Gasteiger partial charge in [0.15, 0.2) is 0 Å². The van der Waals surface area contributed by atoms with Crippen molar-refractivity contribution in [3.05, 3.63) is 33.9 Å². The Hall–Kier alpha value is -1.62. The van der Waals surface area contributed by atoms with Gasteiger partial charge < -0.3 is 10.4 Å². The fourth-order valence-corrected chi connectivity index (χ4v) is 1.55. The number of hydrogen-bond acceptors (Lipinski definition) is 4. The van der Waals surface area contributed by atoms with Crippen molar-refractivity contribution in [1.29, 1.82) is 0 Å². The first kappa shape index (κ1) is 13.4. The van der Waals surface area contributed by atoms with Crippen molar-refractivity contribution in [3.63, 3.8) is 0 Å². The number of anilines is 1. The first-order valence-electron chi connectivity index (χ1n) is 5.67. The average Bonchev–Trinajstić information content (AvgIpc) is 2.25. The van der Waals surface area contributed by atoms with Crippen LogP contribution in [0.1, 0.15) is 25.3 Å². The number of nitro groups is 1. The number of nitrogens with zero attached hydrogens (tertiary/aromatic N) is 1. The van der Waals surface area contributed by atoms with Crippen molar-refractivity contribution in [2.45, 2.75) is 32.8 Å². The van der Waals surface area contributed by atoms with E-state index >= 15 is 0 Å². The Kier molecular flexibility index (Phi) is 4.90. The number of rotatable bonds is 6. The Labute approximate surface area is 101 Å². The molecule has 0 aliphatic heterocycles. The molecule has 1 unspecified atom stereocenters. The predicted molar refractivity (Wildman–Crippen MR) is 67.2 cm³/mol. The molecule has 0 amide bonds. The molecule has 2 N–H and O–H groups in total. The molecule has 0 aromatic heterocycles. The molecule has 0 radical (unpaired) electrons. The van der Waals surface area contributed by atoms with E-state index in [1.54, 1.807) is 19.9 Å². The second-order valence-corrected chi connectivity index (χ2v) is 4.18. The Balaban J connectivity index is 2.54. The Bertz CT molecular complexity index is 391. The van der Waals surface area contributed by atoms with E-state index in [1.807, 2.05) is 6.07 Å². The Morgan fingerprint density at radius 3 is 2.82 bits per heavy atom. The van der Waals surface area contributed by atoms with Gasteiger partial charge in [-0.25, -0.2) is 0 Å². The number of nitro benzene ring substituents is 1. The van der Waals surface area contributed by atoms with Crippen LogP contribution in [0.2, 0.25) is 0 Å². The van der Waals surface area contributed by atoms with Crippen LogP contribution in [-0.2, 0) is 0 Å². The lowest BCUT2D eigenvalue weighted by molar-refractivity contribution is -0.385. The van der Waals surface area contributed by atoms with Crippen molar-refractivity contribution >= 4 is 11.4 Å². The van der Waals surface area contributed by atoms with E-state index in [-0.39, 0.29) is 16.7 Å². The number of nitrogens with one attached hydrogen (secondary N) is 1. The summed E-state index contributed by atoms with van der Waals surface area (Å²) in [5, 5.41) is 22.9. The molecule has 1 aromatic carbocycles. The zero-order valence-corrected chi connectivity index (χ0v) is 10.1. The van der Waals surface area contributed by atoms with Gasteiger partial charge in [0.2, 0.25) is 0 Å². The summed E-state index contributed by atoms with van der Waals surface area (Å²) in [6, 6.07) is 5.09. The summed E-state index contributed by atoms with van der Waals surface area (Å²) in [6.07, 6.45) is 1.25. The van der Waals surface area contributed by atoms with Crippen LogP contribution in [0.4, 0.5) is 11.4 Å². The molecule has 1 rings (SSSR count). The molecule has 1 aromatic rings. The largest absolute Gasteiger partial charge is 0.393 e. The Morgan fingerprint density at radius 1 is 1.53 bits per heavy atom. The molecule has 17 heavy (non-hydrogen) atoms. The van der Waals surface area contributed by atoms with E-state index in [4.69, 9.17) is 5.11 Å². The van der Waals surface area contributed by atoms with Gasteiger partial charge in [-0.1, -0.05) is 6.07 Å². The third-order valence-electron chi connectivity index (χ3n) is 2.53. The van der Waals surface area contributed by atoms with Gasteiger partial charge in [-0.15, -0.1) is 0 Å². The van der Waals surface area contributed by atoms with Gasteiger partial charge in [0, 0.05) is 23.9 Å². The maximum atomic E-state index is 10.7. The molecule has 0 aliphatic carbocycles. The highest BCUT2D eigenvalue weighted by atomic mass is 16.6. The molecule has 0 spiro atoms. The van der Waals surface area contributed by atoms with E-state index in [1.165, 1.54) is 6.07 Å². The molecule has 5 heteroatoms. The van der Waals surface area contributed by atoms with Crippen LogP contribution < -0.4 is 5.32 Å². The number of benzene rings is 1. The minimum Gasteiger partial charge on any atom is -0.393 e. The van der Waals surface area contributed by atoms with Gasteiger partial charge in [0.25, 0.3) is 5.69 Å². The van der Waals surface area contributed by atoms with Gasteiger partial charge in [0.05, 0.1) is 11.0 Å². The van der Waals surface area contributed by atoms with Gasteiger partial charge in [-0.3, -0.25) is 10.1 Å². The minimum atomic E-state index is -0.379. The molecule has 1 atom stereocenters. The van der Waals surface area contributed by atoms with Crippen LogP contribution in [0, 0.1) is 17.0 Å². The molecule has 0 fully saturated rings. The van der Waals surface area contributed by atoms with Gasteiger partial charge >= 0.3 is 0 Å². The highest BCUT2D eigenvalue weighted by Crippen LogP contribution is 2.22. The van der Waals surface area contributed by atoms with Crippen LogP contribution in [0.5, 0.6) is 0 Å². The molecule has 0 aliphatic rings. The highest BCUT2D eigenvalue weighted by Gasteiger charge is 2.10. The standard InChI is InChI=1S/C12H18N2O3/c1-9-5-6-11(8-12(9)14(16)17)13-7-3-4-10(2)15/h5-6,8,10,13,15H,3-4,7H2,1-2H3. The van der Waals surface area contributed by atoms with Crippen molar-refractivity contribution in [1.82, 2.24) is 0 Å². The monoisotopic (exact) mass is 238 g/mol. The number of aliphatic hydroxyl groups is 1. The SMILES string of the molecule is Cc1ccc(NCCCC(C)O)cc1[N+](=O)[O-]. The van der Waals surface area contributed by atoms with Gasteiger partial charge in [-0.05, 0) is 32.8 Å². The summed E-state index contributed by atoms with van der Waals surface area (Å²) in [7, 11) is 0. The third-order valence-corrected chi connectivity index (χ3v) is 2.53. The molecule has 94 valence electrons. The van der Waals surface area contributed by atoms with Crippen molar-refractivity contribution in [2.24, 2.45) is 0 Å². The van der Waals surface area contributed by atoms with Crippen molar-refractivity contribution in [3.8, 4) is 0 Å². The van der Waals surface area contributed by atoms with Crippen LogP contribution in [0.15, 0.2) is 18.2 Å². The zero-order chi connectivity index (χ0) is 12.8. The average molecular weight is 238 g/mol. The number of hydrogen-bond donors (Lipinski definition) is 2. The zero-order valence-electron chi connectivity index (χ0n) is 10.1. The fourth-order valence-electron chi connectivity index (χ4n) is 1.55. The summed E-state index contributed by atoms with van der Waals surface area (Å²) >= 11 is 0. The number of aryl methyl sites for hydroxylation is 1. The lowest BCUT2D eigenvalue weighted by Crippen LogP contribution is -2.06. The third kappa shape index (κ3) is 4.40. The van der Waals surface area contributed by atoms with Crippen LogP contribution in [0.3, 0.4) is 0 Å². The van der Waals surface area contributed by atoms with Crippen molar-refractivity contribution < 1.29 is 10.0 Å².